The molecule has 0 radical (unpaired) electrons. The monoisotopic (exact) mass is 218 g/mol. The Hall–Kier alpha value is -1.31. The summed E-state index contributed by atoms with van der Waals surface area (Å²) >= 11 is 0. The fraction of sp³-hybridized carbons (Fsp3) is 0.500. The maximum absolute atomic E-state index is 11.4. The standard InChI is InChI=1S/C14H18O2/c1-2-3-4-7-11-10-14(15)16-13-9-6-5-8-12(11)13/h5-6,8-9,11H,2-4,7,10H2,1H3. The van der Waals surface area contributed by atoms with E-state index in [2.05, 4.69) is 13.0 Å². The Morgan fingerprint density at radius 2 is 2.12 bits per heavy atom. The highest BCUT2D eigenvalue weighted by Gasteiger charge is 2.25. The summed E-state index contributed by atoms with van der Waals surface area (Å²) in [5, 5.41) is 0. The molecule has 1 aromatic rings. The number of fused-ring (bicyclic) bond motifs is 1. The van der Waals surface area contributed by atoms with Gasteiger partial charge in [0.15, 0.2) is 0 Å². The number of unbranched alkanes of at least 4 members (excludes halogenated alkanes) is 2. The van der Waals surface area contributed by atoms with Crippen LogP contribution in [-0.4, -0.2) is 5.97 Å². The molecular formula is C14H18O2. The third kappa shape index (κ3) is 2.43. The molecule has 1 aromatic carbocycles. The van der Waals surface area contributed by atoms with Crippen LogP contribution in [0.4, 0.5) is 0 Å². The summed E-state index contributed by atoms with van der Waals surface area (Å²) in [5.74, 6) is 1.05. The molecular weight excluding hydrogens is 200 g/mol. The van der Waals surface area contributed by atoms with Gasteiger partial charge in [0, 0.05) is 0 Å². The highest BCUT2D eigenvalue weighted by Crippen LogP contribution is 2.36. The van der Waals surface area contributed by atoms with Crippen LogP contribution in [0.15, 0.2) is 24.3 Å². The van der Waals surface area contributed by atoms with Crippen molar-refractivity contribution in [2.45, 2.75) is 44.9 Å². The van der Waals surface area contributed by atoms with Gasteiger partial charge in [0.25, 0.3) is 0 Å². The number of para-hydroxylation sites is 1. The Morgan fingerprint density at radius 3 is 2.94 bits per heavy atom. The normalized spacial score (nSPS) is 19.1. The first-order valence-electron chi connectivity index (χ1n) is 6.11. The maximum Gasteiger partial charge on any atom is 0.311 e. The van der Waals surface area contributed by atoms with Crippen LogP contribution < -0.4 is 4.74 Å². The van der Waals surface area contributed by atoms with E-state index in [1.165, 1.54) is 24.8 Å². The van der Waals surface area contributed by atoms with Crippen molar-refractivity contribution < 1.29 is 9.53 Å². The fourth-order valence-electron chi connectivity index (χ4n) is 2.28. The first-order chi connectivity index (χ1) is 7.81. The van der Waals surface area contributed by atoms with Gasteiger partial charge in [-0.05, 0) is 24.0 Å². The predicted molar refractivity (Wildman–Crippen MR) is 63.6 cm³/mol. The Bertz CT molecular complexity index is 371. The summed E-state index contributed by atoms with van der Waals surface area (Å²) in [6.45, 7) is 2.20. The Balaban J connectivity index is 2.10. The van der Waals surface area contributed by atoms with E-state index in [0.29, 0.717) is 12.3 Å². The molecule has 0 amide bonds. The number of hydrogen-bond donors (Lipinski definition) is 0. The fourth-order valence-corrected chi connectivity index (χ4v) is 2.28. The van der Waals surface area contributed by atoms with Crippen molar-refractivity contribution >= 4 is 5.97 Å². The number of ether oxygens (including phenoxy) is 1. The van der Waals surface area contributed by atoms with E-state index in [4.69, 9.17) is 4.74 Å². The molecule has 2 heteroatoms. The number of benzene rings is 1. The molecule has 0 saturated carbocycles. The zero-order valence-corrected chi connectivity index (χ0v) is 9.74. The van der Waals surface area contributed by atoms with Gasteiger partial charge in [0.1, 0.15) is 5.75 Å². The van der Waals surface area contributed by atoms with Crippen LogP contribution in [0.1, 0.15) is 50.5 Å². The van der Waals surface area contributed by atoms with Gasteiger partial charge in [-0.25, -0.2) is 0 Å². The lowest BCUT2D eigenvalue weighted by atomic mass is 9.88. The average molecular weight is 218 g/mol. The summed E-state index contributed by atoms with van der Waals surface area (Å²) < 4.78 is 5.23. The zero-order valence-electron chi connectivity index (χ0n) is 9.74. The van der Waals surface area contributed by atoms with Crippen molar-refractivity contribution in [3.05, 3.63) is 29.8 Å². The Morgan fingerprint density at radius 1 is 1.31 bits per heavy atom. The molecule has 1 heterocycles. The van der Waals surface area contributed by atoms with Crippen molar-refractivity contribution in [2.24, 2.45) is 0 Å². The van der Waals surface area contributed by atoms with Crippen molar-refractivity contribution in [1.82, 2.24) is 0 Å². The van der Waals surface area contributed by atoms with Gasteiger partial charge in [-0.15, -0.1) is 0 Å². The second-order valence-electron chi connectivity index (χ2n) is 4.41. The molecule has 1 atom stereocenters. The first-order valence-corrected chi connectivity index (χ1v) is 6.11. The number of hydrogen-bond acceptors (Lipinski definition) is 2. The van der Waals surface area contributed by atoms with Crippen LogP contribution in [0.3, 0.4) is 0 Å². The molecule has 2 rings (SSSR count). The van der Waals surface area contributed by atoms with E-state index in [1.54, 1.807) is 0 Å². The second-order valence-corrected chi connectivity index (χ2v) is 4.41. The molecule has 0 spiro atoms. The first kappa shape index (κ1) is 11.2. The van der Waals surface area contributed by atoms with E-state index in [1.807, 2.05) is 18.2 Å². The van der Waals surface area contributed by atoms with E-state index >= 15 is 0 Å². The van der Waals surface area contributed by atoms with Gasteiger partial charge in [0.05, 0.1) is 6.42 Å². The molecule has 1 unspecified atom stereocenters. The van der Waals surface area contributed by atoms with Gasteiger partial charge in [-0.2, -0.15) is 0 Å². The highest BCUT2D eigenvalue weighted by molar-refractivity contribution is 5.76. The maximum atomic E-state index is 11.4. The van der Waals surface area contributed by atoms with E-state index in [0.717, 1.165) is 12.2 Å². The third-order valence-electron chi connectivity index (χ3n) is 3.15. The predicted octanol–water partition coefficient (Wildman–Crippen LogP) is 3.66. The topological polar surface area (TPSA) is 26.3 Å². The van der Waals surface area contributed by atoms with Crippen molar-refractivity contribution in [1.29, 1.82) is 0 Å². The van der Waals surface area contributed by atoms with Crippen LogP contribution in [0.25, 0.3) is 0 Å². The largest absolute Gasteiger partial charge is 0.426 e. The summed E-state index contributed by atoms with van der Waals surface area (Å²) in [7, 11) is 0. The van der Waals surface area contributed by atoms with Crippen LogP contribution in [0.5, 0.6) is 5.75 Å². The number of carbonyl (C=O) groups excluding carboxylic acids is 1. The van der Waals surface area contributed by atoms with Crippen LogP contribution in [-0.2, 0) is 4.79 Å². The SMILES string of the molecule is CCCCCC1CC(=O)Oc2ccccc21. The Labute approximate surface area is 96.6 Å². The number of esters is 1. The number of carbonyl (C=O) groups is 1. The molecule has 2 nitrogen and oxygen atoms in total. The lowest BCUT2D eigenvalue weighted by Gasteiger charge is -2.24. The number of rotatable bonds is 4. The van der Waals surface area contributed by atoms with Gasteiger partial charge < -0.3 is 4.74 Å². The van der Waals surface area contributed by atoms with Crippen LogP contribution in [0, 0.1) is 0 Å². The molecule has 1 aliphatic heterocycles. The van der Waals surface area contributed by atoms with Gasteiger partial charge in [-0.1, -0.05) is 44.4 Å². The minimum absolute atomic E-state index is 0.0831. The van der Waals surface area contributed by atoms with E-state index in [9.17, 15) is 4.79 Å². The molecule has 0 bridgehead atoms. The highest BCUT2D eigenvalue weighted by atomic mass is 16.5. The molecule has 0 fully saturated rings. The molecule has 0 N–H and O–H groups in total. The molecule has 16 heavy (non-hydrogen) atoms. The molecule has 0 aromatic heterocycles. The summed E-state index contributed by atoms with van der Waals surface area (Å²) in [4.78, 5) is 11.4. The van der Waals surface area contributed by atoms with Gasteiger partial charge in [0.2, 0.25) is 0 Å². The van der Waals surface area contributed by atoms with Crippen LogP contribution >= 0.6 is 0 Å². The zero-order chi connectivity index (χ0) is 11.4. The minimum Gasteiger partial charge on any atom is -0.426 e. The second kappa shape index (κ2) is 5.15. The molecule has 1 aliphatic rings. The molecule has 0 aliphatic carbocycles. The van der Waals surface area contributed by atoms with Gasteiger partial charge in [-0.3, -0.25) is 4.79 Å². The summed E-state index contributed by atoms with van der Waals surface area (Å²) in [5.41, 5.74) is 1.21. The van der Waals surface area contributed by atoms with E-state index in [-0.39, 0.29) is 5.97 Å². The lowest BCUT2D eigenvalue weighted by molar-refractivity contribution is -0.136. The van der Waals surface area contributed by atoms with Gasteiger partial charge >= 0.3 is 5.97 Å². The Kier molecular flexibility index (Phi) is 3.60. The van der Waals surface area contributed by atoms with E-state index < -0.39 is 0 Å². The summed E-state index contributed by atoms with van der Waals surface area (Å²) in [6.07, 6.45) is 5.30. The smallest absolute Gasteiger partial charge is 0.311 e. The summed E-state index contributed by atoms with van der Waals surface area (Å²) in [6, 6.07) is 7.91. The average Bonchev–Trinajstić information content (AvgIpc) is 2.29. The quantitative estimate of drug-likeness (QED) is 0.438. The lowest BCUT2D eigenvalue weighted by Crippen LogP contribution is -2.20. The third-order valence-corrected chi connectivity index (χ3v) is 3.15. The molecule has 0 saturated heterocycles. The molecule has 86 valence electrons. The van der Waals surface area contributed by atoms with Crippen LogP contribution in [0.2, 0.25) is 0 Å². The van der Waals surface area contributed by atoms with Crippen molar-refractivity contribution in [3.8, 4) is 5.75 Å². The van der Waals surface area contributed by atoms with Crippen molar-refractivity contribution in [2.75, 3.05) is 0 Å². The van der Waals surface area contributed by atoms with Crippen molar-refractivity contribution in [3.63, 3.8) is 0 Å². The minimum atomic E-state index is -0.0831.